The van der Waals surface area contributed by atoms with Crippen LogP contribution in [0.25, 0.3) is 17.4 Å². The number of carbonyl (C=O) groups is 1. The molecule has 2 aliphatic rings. The van der Waals surface area contributed by atoms with Crippen molar-refractivity contribution in [2.75, 3.05) is 0 Å². The van der Waals surface area contributed by atoms with Gasteiger partial charge < -0.3 is 4.42 Å². The summed E-state index contributed by atoms with van der Waals surface area (Å²) in [6.07, 6.45) is 1.41. The Morgan fingerprint density at radius 3 is 2.96 bits per heavy atom. The molecular formula is C16H9N5O4S. The van der Waals surface area contributed by atoms with Gasteiger partial charge in [0.2, 0.25) is 0 Å². The summed E-state index contributed by atoms with van der Waals surface area (Å²) in [5.41, 5.74) is 2.04. The summed E-state index contributed by atoms with van der Waals surface area (Å²) in [5, 5.41) is 24.6. The van der Waals surface area contributed by atoms with Crippen molar-refractivity contribution in [2.45, 2.75) is 0 Å². The van der Waals surface area contributed by atoms with Crippen molar-refractivity contribution in [1.82, 2.24) is 5.01 Å². The maximum atomic E-state index is 12.1. The van der Waals surface area contributed by atoms with Crippen LogP contribution >= 0.6 is 11.8 Å². The predicted octanol–water partition coefficient (Wildman–Crippen LogP) is 3.10. The van der Waals surface area contributed by atoms with Crippen molar-refractivity contribution in [3.05, 3.63) is 57.8 Å². The van der Waals surface area contributed by atoms with E-state index in [2.05, 4.69) is 10.1 Å². The molecule has 0 bridgehead atoms. The standard InChI is InChI=1S/C16H9N5O4S/c17-14-12(15(22)19-16-20(14)18-8-26-16)7-11-4-5-13(25-11)9-2-1-3-10(6-9)21(23)24/h1-8,17H/b12-7+,17-14?. The first-order chi connectivity index (χ1) is 12.5. The molecule has 1 amide bonds. The number of non-ortho nitro benzene ring substituents is 1. The second kappa shape index (κ2) is 6.08. The molecule has 10 heteroatoms. The van der Waals surface area contributed by atoms with Crippen molar-refractivity contribution in [1.29, 1.82) is 5.41 Å². The minimum Gasteiger partial charge on any atom is -0.457 e. The number of aliphatic imine (C=N–C) groups is 1. The van der Waals surface area contributed by atoms with Crippen LogP contribution in [0.5, 0.6) is 0 Å². The van der Waals surface area contributed by atoms with E-state index >= 15 is 0 Å². The molecule has 128 valence electrons. The fraction of sp³-hybridized carbons (Fsp3) is 0. The Morgan fingerprint density at radius 1 is 1.31 bits per heavy atom. The normalized spacial score (nSPS) is 17.6. The molecule has 0 unspecified atom stereocenters. The number of thioether (sulfide) groups is 1. The number of carbonyl (C=O) groups excluding carboxylic acids is 1. The van der Waals surface area contributed by atoms with Crippen molar-refractivity contribution < 1.29 is 14.1 Å². The highest BCUT2D eigenvalue weighted by molar-refractivity contribution is 8.25. The predicted molar refractivity (Wildman–Crippen MR) is 96.9 cm³/mol. The van der Waals surface area contributed by atoms with Crippen LogP contribution in [0.15, 0.2) is 56.5 Å². The third-order valence-electron chi connectivity index (χ3n) is 3.65. The molecule has 1 N–H and O–H groups in total. The molecule has 9 nitrogen and oxygen atoms in total. The fourth-order valence-electron chi connectivity index (χ4n) is 2.44. The first-order valence-electron chi connectivity index (χ1n) is 7.30. The highest BCUT2D eigenvalue weighted by Gasteiger charge is 2.32. The fourth-order valence-corrected chi connectivity index (χ4v) is 3.05. The van der Waals surface area contributed by atoms with E-state index in [-0.39, 0.29) is 17.1 Å². The van der Waals surface area contributed by atoms with Gasteiger partial charge >= 0.3 is 0 Å². The topological polar surface area (TPSA) is 125 Å². The Kier molecular flexibility index (Phi) is 3.73. The molecule has 0 radical (unpaired) electrons. The van der Waals surface area contributed by atoms with Gasteiger partial charge in [0.05, 0.1) is 16.0 Å². The van der Waals surface area contributed by atoms with Gasteiger partial charge in [-0.1, -0.05) is 12.1 Å². The van der Waals surface area contributed by atoms with Gasteiger partial charge in [-0.25, -0.2) is 0 Å². The Labute approximate surface area is 150 Å². The summed E-state index contributed by atoms with van der Waals surface area (Å²) in [5.74, 6) is 0.102. The maximum Gasteiger partial charge on any atom is 0.283 e. The lowest BCUT2D eigenvalue weighted by Crippen LogP contribution is -2.35. The second-order valence-electron chi connectivity index (χ2n) is 5.27. The van der Waals surface area contributed by atoms with Crippen LogP contribution in [0.4, 0.5) is 5.69 Å². The Morgan fingerprint density at radius 2 is 2.15 bits per heavy atom. The number of benzene rings is 1. The summed E-state index contributed by atoms with van der Waals surface area (Å²) in [6, 6.07) is 9.29. The van der Waals surface area contributed by atoms with Gasteiger partial charge in [0.1, 0.15) is 11.5 Å². The Bertz CT molecular complexity index is 1050. The van der Waals surface area contributed by atoms with Gasteiger partial charge in [-0.05, 0) is 30.0 Å². The summed E-state index contributed by atoms with van der Waals surface area (Å²) < 4.78 is 5.66. The third kappa shape index (κ3) is 2.71. The number of nitro groups is 1. The van der Waals surface area contributed by atoms with Crippen molar-refractivity contribution >= 4 is 46.0 Å². The van der Waals surface area contributed by atoms with E-state index < -0.39 is 10.8 Å². The molecule has 1 aromatic carbocycles. The monoisotopic (exact) mass is 367 g/mol. The molecule has 26 heavy (non-hydrogen) atoms. The number of hydrogen-bond acceptors (Lipinski definition) is 7. The quantitative estimate of drug-likeness (QED) is 0.505. The number of amides is 1. The molecular weight excluding hydrogens is 358 g/mol. The number of nitrogens with zero attached hydrogens (tertiary/aromatic N) is 4. The molecule has 2 aliphatic heterocycles. The van der Waals surface area contributed by atoms with Crippen LogP contribution in [0.1, 0.15) is 5.76 Å². The smallest absolute Gasteiger partial charge is 0.283 e. The van der Waals surface area contributed by atoms with Crippen molar-refractivity contribution in [3.63, 3.8) is 0 Å². The number of nitrogens with one attached hydrogen (secondary N) is 1. The van der Waals surface area contributed by atoms with Crippen LogP contribution in [0, 0.1) is 15.5 Å². The minimum absolute atomic E-state index is 0.0469. The molecule has 1 aromatic heterocycles. The lowest BCUT2D eigenvalue weighted by Gasteiger charge is -2.19. The van der Waals surface area contributed by atoms with Crippen LogP contribution in [0.2, 0.25) is 0 Å². The first kappa shape index (κ1) is 16.0. The summed E-state index contributed by atoms with van der Waals surface area (Å²) in [4.78, 5) is 26.4. The number of amidine groups is 2. The number of furan rings is 1. The zero-order chi connectivity index (χ0) is 18.3. The number of rotatable bonds is 3. The average Bonchev–Trinajstić information content (AvgIpc) is 3.28. The van der Waals surface area contributed by atoms with Gasteiger partial charge in [0.15, 0.2) is 11.0 Å². The molecule has 0 atom stereocenters. The SMILES string of the molecule is N=C1/C(=C\c2ccc(-c3cccc([N+](=O)[O-])c3)o2)C(=O)N=C2SC=NN12. The largest absolute Gasteiger partial charge is 0.457 e. The van der Waals surface area contributed by atoms with Gasteiger partial charge in [0, 0.05) is 17.7 Å². The minimum atomic E-state index is -0.549. The van der Waals surface area contributed by atoms with Crippen LogP contribution in [0.3, 0.4) is 0 Å². The molecule has 0 saturated heterocycles. The van der Waals surface area contributed by atoms with E-state index in [9.17, 15) is 14.9 Å². The van der Waals surface area contributed by atoms with Crippen molar-refractivity contribution in [2.24, 2.45) is 10.1 Å². The Balaban J connectivity index is 1.67. The summed E-state index contributed by atoms with van der Waals surface area (Å²) >= 11 is 1.16. The summed E-state index contributed by atoms with van der Waals surface area (Å²) in [6.45, 7) is 0. The molecule has 0 fully saturated rings. The number of hydrazone groups is 1. The highest BCUT2D eigenvalue weighted by Crippen LogP contribution is 2.28. The van der Waals surface area contributed by atoms with E-state index in [0.29, 0.717) is 22.3 Å². The van der Waals surface area contributed by atoms with Gasteiger partial charge in [0.25, 0.3) is 11.6 Å². The Hall–Kier alpha value is -3.53. The first-order valence-corrected chi connectivity index (χ1v) is 8.18. The second-order valence-corrected chi connectivity index (χ2v) is 6.08. The lowest BCUT2D eigenvalue weighted by atomic mass is 10.1. The third-order valence-corrected chi connectivity index (χ3v) is 4.33. The van der Waals surface area contributed by atoms with E-state index in [1.807, 2.05) is 0 Å². The zero-order valence-electron chi connectivity index (χ0n) is 12.9. The zero-order valence-corrected chi connectivity index (χ0v) is 13.8. The highest BCUT2D eigenvalue weighted by atomic mass is 32.2. The van der Waals surface area contributed by atoms with Gasteiger partial charge in [-0.2, -0.15) is 15.1 Å². The van der Waals surface area contributed by atoms with Crippen LogP contribution in [-0.4, -0.2) is 32.4 Å². The van der Waals surface area contributed by atoms with Gasteiger partial charge in [-0.3, -0.25) is 20.3 Å². The number of hydrogen-bond donors (Lipinski definition) is 1. The van der Waals surface area contributed by atoms with E-state index in [1.54, 1.807) is 24.3 Å². The van der Waals surface area contributed by atoms with E-state index in [1.165, 1.54) is 28.8 Å². The van der Waals surface area contributed by atoms with E-state index in [0.717, 1.165) is 11.8 Å². The number of fused-ring (bicyclic) bond motifs is 1. The maximum absolute atomic E-state index is 12.1. The molecule has 2 aromatic rings. The molecule has 0 saturated carbocycles. The molecule has 0 aliphatic carbocycles. The average molecular weight is 367 g/mol. The molecule has 0 spiro atoms. The van der Waals surface area contributed by atoms with E-state index in [4.69, 9.17) is 9.83 Å². The summed E-state index contributed by atoms with van der Waals surface area (Å²) in [7, 11) is 0. The van der Waals surface area contributed by atoms with Gasteiger partial charge in [-0.15, -0.1) is 0 Å². The van der Waals surface area contributed by atoms with Crippen LogP contribution < -0.4 is 0 Å². The lowest BCUT2D eigenvalue weighted by molar-refractivity contribution is -0.384. The number of nitro benzene ring substituents is 1. The molecule has 4 rings (SSSR count). The van der Waals surface area contributed by atoms with Crippen molar-refractivity contribution in [3.8, 4) is 11.3 Å². The molecule has 3 heterocycles. The van der Waals surface area contributed by atoms with Crippen LogP contribution in [-0.2, 0) is 4.79 Å².